The second-order valence-electron chi connectivity index (χ2n) is 15.7. The highest BCUT2D eigenvalue weighted by atomic mass is 16.7. The topological polar surface area (TPSA) is 333 Å². The average Bonchev–Trinajstić information content (AvgIpc) is 3.17. The average molecular weight is 857 g/mol. The highest BCUT2D eigenvalue weighted by molar-refractivity contribution is 5.97. The van der Waals surface area contributed by atoms with Gasteiger partial charge in [-0.05, 0) is 43.4 Å². The van der Waals surface area contributed by atoms with E-state index in [1.807, 2.05) is 5.48 Å². The smallest absolute Gasteiger partial charge is 0.326 e. The number of rotatable bonds is 29. The van der Waals surface area contributed by atoms with Crippen LogP contribution in [0.5, 0.6) is 0 Å². The van der Waals surface area contributed by atoms with E-state index in [1.54, 1.807) is 34.6 Å². The van der Waals surface area contributed by atoms with Gasteiger partial charge in [-0.2, -0.15) is 0 Å². The zero-order valence-electron chi connectivity index (χ0n) is 35.1. The lowest BCUT2D eigenvalue weighted by atomic mass is 9.84. The Balaban J connectivity index is 3.35. The molecule has 10 N–H and O–H groups in total. The molecular formula is C39H64N6O15. The van der Waals surface area contributed by atoms with Crippen molar-refractivity contribution in [2.45, 2.75) is 167 Å². The Morgan fingerprint density at radius 3 is 1.65 bits per heavy atom. The molecule has 0 heterocycles. The molecular weight excluding hydrogens is 792 g/mol. The SMILES string of the molecule is CCC[C@H](NC(=O)[C@H](CC1CCCCC1)NC(=O)[C@@H](NC(=O)[C@H](CC(C)C)NC(=O)[C@@H](CCC(=O)O)NC(=O)[C@H](CC(=O)O)NOC(=O)CCC(=O)O)C(C)CC)C(=O)O. The minimum atomic E-state index is -1.81. The molecule has 1 saturated carbocycles. The third kappa shape index (κ3) is 20.6. The molecule has 0 saturated heterocycles. The fourth-order valence-corrected chi connectivity index (χ4v) is 6.57. The molecule has 340 valence electrons. The van der Waals surface area contributed by atoms with E-state index in [-0.39, 0.29) is 31.1 Å². The van der Waals surface area contributed by atoms with Gasteiger partial charge in [-0.3, -0.25) is 43.2 Å². The highest BCUT2D eigenvalue weighted by Crippen LogP contribution is 2.27. The van der Waals surface area contributed by atoms with Crippen molar-refractivity contribution in [3.05, 3.63) is 0 Å². The molecule has 0 bridgehead atoms. The van der Waals surface area contributed by atoms with Gasteiger partial charge in [-0.15, -0.1) is 5.48 Å². The van der Waals surface area contributed by atoms with E-state index < -0.39 is 134 Å². The number of hydrogen-bond acceptors (Lipinski definition) is 12. The Bertz CT molecular complexity index is 1500. The molecule has 1 rings (SSSR count). The molecule has 60 heavy (non-hydrogen) atoms. The van der Waals surface area contributed by atoms with Gasteiger partial charge in [0, 0.05) is 6.42 Å². The number of carboxylic acids is 4. The van der Waals surface area contributed by atoms with E-state index >= 15 is 0 Å². The summed E-state index contributed by atoms with van der Waals surface area (Å²) in [6.07, 6.45) is 2.49. The molecule has 1 aliphatic carbocycles. The summed E-state index contributed by atoms with van der Waals surface area (Å²) in [5.74, 6) is -11.6. The van der Waals surface area contributed by atoms with Crippen LogP contribution in [0.3, 0.4) is 0 Å². The van der Waals surface area contributed by atoms with Gasteiger partial charge in [0.1, 0.15) is 36.3 Å². The van der Waals surface area contributed by atoms with Gasteiger partial charge in [0.25, 0.3) is 0 Å². The van der Waals surface area contributed by atoms with Crippen LogP contribution in [0.25, 0.3) is 0 Å². The van der Waals surface area contributed by atoms with Crippen LogP contribution in [0.4, 0.5) is 0 Å². The molecule has 0 aromatic rings. The molecule has 0 radical (unpaired) electrons. The van der Waals surface area contributed by atoms with Crippen LogP contribution >= 0.6 is 0 Å². The fourth-order valence-electron chi connectivity index (χ4n) is 6.57. The Kier molecular flexibility index (Phi) is 24.1. The number of aliphatic carboxylic acids is 4. The summed E-state index contributed by atoms with van der Waals surface area (Å²) in [6.45, 7) is 8.73. The predicted molar refractivity (Wildman–Crippen MR) is 211 cm³/mol. The Labute approximate surface area is 349 Å². The molecule has 21 nitrogen and oxygen atoms in total. The number of carboxylic acid groups (broad SMARTS) is 4. The van der Waals surface area contributed by atoms with Crippen LogP contribution in [0.2, 0.25) is 0 Å². The van der Waals surface area contributed by atoms with Crippen molar-refractivity contribution in [3.63, 3.8) is 0 Å². The lowest BCUT2D eigenvalue weighted by Gasteiger charge is -2.31. The van der Waals surface area contributed by atoms with Gasteiger partial charge in [-0.25, -0.2) is 4.79 Å². The third-order valence-electron chi connectivity index (χ3n) is 10.1. The summed E-state index contributed by atoms with van der Waals surface area (Å²) in [6, 6.07) is -8.34. The molecule has 0 aliphatic heterocycles. The first-order valence-electron chi connectivity index (χ1n) is 20.5. The lowest BCUT2D eigenvalue weighted by Crippen LogP contribution is -2.61. The van der Waals surface area contributed by atoms with Crippen LogP contribution in [0.1, 0.15) is 131 Å². The monoisotopic (exact) mass is 856 g/mol. The first-order valence-corrected chi connectivity index (χ1v) is 20.5. The van der Waals surface area contributed by atoms with E-state index in [9.17, 15) is 63.3 Å². The number of amides is 5. The van der Waals surface area contributed by atoms with Crippen LogP contribution in [0.15, 0.2) is 0 Å². The third-order valence-corrected chi connectivity index (χ3v) is 10.1. The maximum absolute atomic E-state index is 14.0. The van der Waals surface area contributed by atoms with E-state index in [0.717, 1.165) is 32.1 Å². The first-order chi connectivity index (χ1) is 28.2. The van der Waals surface area contributed by atoms with Crippen molar-refractivity contribution < 1.29 is 73.2 Å². The molecule has 7 atom stereocenters. The Morgan fingerprint density at radius 1 is 0.583 bits per heavy atom. The Morgan fingerprint density at radius 2 is 1.12 bits per heavy atom. The van der Waals surface area contributed by atoms with Gasteiger partial charge >= 0.3 is 29.8 Å². The van der Waals surface area contributed by atoms with Crippen molar-refractivity contribution in [2.75, 3.05) is 0 Å². The summed E-state index contributed by atoms with van der Waals surface area (Å²) < 4.78 is 0. The minimum absolute atomic E-state index is 0.00220. The number of nitrogens with one attached hydrogen (secondary N) is 6. The highest BCUT2D eigenvalue weighted by Gasteiger charge is 2.36. The second-order valence-corrected chi connectivity index (χ2v) is 15.7. The summed E-state index contributed by atoms with van der Waals surface area (Å²) in [7, 11) is 0. The Hall–Kier alpha value is -5.34. The van der Waals surface area contributed by atoms with Crippen LogP contribution < -0.4 is 32.1 Å². The maximum atomic E-state index is 14.0. The molecule has 1 unspecified atom stereocenters. The minimum Gasteiger partial charge on any atom is -0.481 e. The van der Waals surface area contributed by atoms with Crippen molar-refractivity contribution in [2.24, 2.45) is 17.8 Å². The summed E-state index contributed by atoms with van der Waals surface area (Å²) in [4.78, 5) is 131. The molecule has 21 heteroatoms. The van der Waals surface area contributed by atoms with Crippen molar-refractivity contribution in [3.8, 4) is 0 Å². The zero-order valence-corrected chi connectivity index (χ0v) is 35.1. The normalized spacial score (nSPS) is 16.4. The molecule has 1 fully saturated rings. The molecule has 0 spiro atoms. The van der Waals surface area contributed by atoms with E-state index in [2.05, 4.69) is 31.4 Å². The largest absolute Gasteiger partial charge is 0.481 e. The lowest BCUT2D eigenvalue weighted by molar-refractivity contribution is -0.159. The molecule has 0 aromatic carbocycles. The zero-order chi connectivity index (χ0) is 45.5. The fraction of sp³-hybridized carbons (Fsp3) is 0.744. The maximum Gasteiger partial charge on any atom is 0.326 e. The van der Waals surface area contributed by atoms with Gasteiger partial charge in [0.05, 0.1) is 19.3 Å². The molecule has 0 aromatic heterocycles. The van der Waals surface area contributed by atoms with Crippen molar-refractivity contribution in [1.29, 1.82) is 0 Å². The van der Waals surface area contributed by atoms with Crippen molar-refractivity contribution in [1.82, 2.24) is 32.1 Å². The van der Waals surface area contributed by atoms with E-state index in [1.165, 1.54) is 0 Å². The van der Waals surface area contributed by atoms with E-state index in [4.69, 9.17) is 5.11 Å². The first kappa shape index (κ1) is 52.7. The van der Waals surface area contributed by atoms with Crippen LogP contribution in [-0.4, -0.2) is 116 Å². The number of carbonyl (C=O) groups excluding carboxylic acids is 6. The van der Waals surface area contributed by atoms with Gasteiger partial charge in [0.15, 0.2) is 0 Å². The number of hydrogen-bond donors (Lipinski definition) is 10. The molecule has 5 amide bonds. The quantitative estimate of drug-likeness (QED) is 0.0469. The summed E-state index contributed by atoms with van der Waals surface area (Å²) in [5.41, 5.74) is 1.94. The van der Waals surface area contributed by atoms with Gasteiger partial charge in [0.2, 0.25) is 29.5 Å². The van der Waals surface area contributed by atoms with Gasteiger partial charge < -0.3 is 51.8 Å². The predicted octanol–water partition coefficient (Wildman–Crippen LogP) is 0.978. The standard InChI is InChI=1S/C39H64N6O15/c1-6-11-25(39(58)59)41-35(54)27(19-23-12-9-8-10-13-23)43-38(57)33(22(5)7-2)44-36(55)26(18-21(3)4)42-34(53)24(14-15-29(46)47)40-37(56)28(20-31(50)51)45-60-32(52)17-16-30(48)49/h21-28,33,45H,6-20H2,1-5H3,(H,40,56)(H,41,54)(H,42,53)(H,43,57)(H,44,55)(H,46,47)(H,48,49)(H,50,51)(H,58,59)/t22?,24-,25+,26+,27+,28+,33+/m1/s1. The van der Waals surface area contributed by atoms with E-state index in [0.29, 0.717) is 12.8 Å². The van der Waals surface area contributed by atoms with Crippen LogP contribution in [-0.2, 0) is 52.8 Å². The summed E-state index contributed by atoms with van der Waals surface area (Å²) in [5, 5.41) is 49.9. The molecule has 1 aliphatic rings. The van der Waals surface area contributed by atoms with Crippen molar-refractivity contribution >= 4 is 59.4 Å². The second kappa shape index (κ2) is 27.4. The summed E-state index contributed by atoms with van der Waals surface area (Å²) >= 11 is 0. The number of carbonyl (C=O) groups is 10. The number of hydroxylamine groups is 1. The van der Waals surface area contributed by atoms with Crippen LogP contribution in [0, 0.1) is 17.8 Å². The van der Waals surface area contributed by atoms with Gasteiger partial charge in [-0.1, -0.05) is 79.6 Å².